The van der Waals surface area contributed by atoms with Gasteiger partial charge in [0.05, 0.1) is 11.8 Å². The molecule has 31 heavy (non-hydrogen) atoms. The number of rotatable bonds is 4. The van der Waals surface area contributed by atoms with Crippen molar-refractivity contribution in [2.75, 3.05) is 31.1 Å². The molecule has 0 aliphatic carbocycles. The molecule has 3 aromatic rings. The molecule has 2 aliphatic rings. The zero-order chi connectivity index (χ0) is 21.6. The SMILES string of the molecule is Fc1ccc(CN2CC[C@@]3(CCN(c4ncnc5sc(CC(F)(F)F)cc45)C3)C2)cc1. The lowest BCUT2D eigenvalue weighted by Crippen LogP contribution is -2.31. The largest absolute Gasteiger partial charge is 0.393 e. The Morgan fingerprint density at radius 1 is 1.03 bits per heavy atom. The highest BCUT2D eigenvalue weighted by atomic mass is 32.1. The van der Waals surface area contributed by atoms with Gasteiger partial charge in [0.1, 0.15) is 22.8 Å². The molecular formula is C22H22F4N4S. The van der Waals surface area contributed by atoms with Gasteiger partial charge in [-0.3, -0.25) is 4.90 Å². The molecule has 2 aromatic heterocycles. The van der Waals surface area contributed by atoms with E-state index in [0.29, 0.717) is 10.2 Å². The van der Waals surface area contributed by atoms with E-state index in [1.807, 2.05) is 12.1 Å². The molecule has 2 saturated heterocycles. The molecule has 4 heterocycles. The van der Waals surface area contributed by atoms with Crippen molar-refractivity contribution in [2.24, 2.45) is 5.41 Å². The summed E-state index contributed by atoms with van der Waals surface area (Å²) in [6, 6.07) is 8.24. The second kappa shape index (κ2) is 7.70. The van der Waals surface area contributed by atoms with Crippen molar-refractivity contribution in [1.82, 2.24) is 14.9 Å². The normalized spacial score (nSPS) is 22.3. The summed E-state index contributed by atoms with van der Waals surface area (Å²) in [5, 5.41) is 0.713. The van der Waals surface area contributed by atoms with E-state index in [2.05, 4.69) is 19.8 Å². The summed E-state index contributed by atoms with van der Waals surface area (Å²) in [7, 11) is 0. The number of fused-ring (bicyclic) bond motifs is 1. The number of likely N-dealkylation sites (tertiary alicyclic amines) is 1. The molecule has 0 saturated carbocycles. The minimum Gasteiger partial charge on any atom is -0.355 e. The van der Waals surface area contributed by atoms with E-state index < -0.39 is 12.6 Å². The van der Waals surface area contributed by atoms with Crippen molar-refractivity contribution in [3.05, 3.63) is 52.9 Å². The van der Waals surface area contributed by atoms with Crippen LogP contribution < -0.4 is 4.90 Å². The zero-order valence-electron chi connectivity index (χ0n) is 16.8. The Bertz CT molecular complexity index is 1080. The number of benzene rings is 1. The van der Waals surface area contributed by atoms with Gasteiger partial charge in [-0.2, -0.15) is 13.2 Å². The second-order valence-corrected chi connectivity index (χ2v) is 9.79. The minimum absolute atomic E-state index is 0.155. The molecule has 2 fully saturated rings. The maximum Gasteiger partial charge on any atom is 0.393 e. The summed E-state index contributed by atoms with van der Waals surface area (Å²) in [5.74, 6) is 0.514. The highest BCUT2D eigenvalue weighted by Crippen LogP contribution is 2.43. The molecule has 1 spiro atoms. The van der Waals surface area contributed by atoms with E-state index in [4.69, 9.17) is 0 Å². The monoisotopic (exact) mass is 450 g/mol. The molecule has 9 heteroatoms. The van der Waals surface area contributed by atoms with E-state index in [1.54, 1.807) is 6.07 Å². The zero-order valence-corrected chi connectivity index (χ0v) is 17.6. The Morgan fingerprint density at radius 3 is 2.58 bits per heavy atom. The van der Waals surface area contributed by atoms with Crippen molar-refractivity contribution in [2.45, 2.75) is 32.0 Å². The number of hydrogen-bond acceptors (Lipinski definition) is 5. The van der Waals surface area contributed by atoms with Crippen LogP contribution in [-0.2, 0) is 13.0 Å². The number of alkyl halides is 3. The van der Waals surface area contributed by atoms with Crippen LogP contribution in [0.25, 0.3) is 10.2 Å². The Balaban J connectivity index is 1.30. The third-order valence-corrected chi connectivity index (χ3v) is 7.35. The van der Waals surface area contributed by atoms with Crippen LogP contribution >= 0.6 is 11.3 Å². The lowest BCUT2D eigenvalue weighted by atomic mass is 9.86. The van der Waals surface area contributed by atoms with E-state index in [-0.39, 0.29) is 16.1 Å². The van der Waals surface area contributed by atoms with Crippen molar-refractivity contribution in [1.29, 1.82) is 0 Å². The van der Waals surface area contributed by atoms with Crippen LogP contribution in [0.1, 0.15) is 23.3 Å². The summed E-state index contributed by atoms with van der Waals surface area (Å²) < 4.78 is 51.6. The Kier molecular flexibility index (Phi) is 5.13. The van der Waals surface area contributed by atoms with Crippen LogP contribution in [0.3, 0.4) is 0 Å². The molecule has 4 nitrogen and oxygen atoms in total. The average Bonchev–Trinajstić information content (AvgIpc) is 3.41. The highest BCUT2D eigenvalue weighted by Gasteiger charge is 2.44. The average molecular weight is 451 g/mol. The molecule has 0 amide bonds. The third kappa shape index (κ3) is 4.39. The fraction of sp³-hybridized carbons (Fsp3) is 0.455. The van der Waals surface area contributed by atoms with E-state index >= 15 is 0 Å². The van der Waals surface area contributed by atoms with Gasteiger partial charge >= 0.3 is 6.18 Å². The van der Waals surface area contributed by atoms with E-state index in [0.717, 1.165) is 68.3 Å². The number of aromatic nitrogens is 2. The fourth-order valence-electron chi connectivity index (χ4n) is 4.89. The van der Waals surface area contributed by atoms with Gasteiger partial charge in [0.25, 0.3) is 0 Å². The molecule has 2 aliphatic heterocycles. The van der Waals surface area contributed by atoms with Gasteiger partial charge in [-0.25, -0.2) is 14.4 Å². The smallest absolute Gasteiger partial charge is 0.355 e. The number of nitrogens with zero attached hydrogens (tertiary/aromatic N) is 4. The standard InChI is InChI=1S/C22H22F4N4S/c23-16-3-1-15(2-4-16)11-29-7-5-21(12-29)6-8-30(13-21)19-18-9-17(10-22(24,25)26)31-20(18)28-14-27-19/h1-4,9,14H,5-8,10-13H2/t21-/m1/s1. The quantitative estimate of drug-likeness (QED) is 0.522. The molecule has 164 valence electrons. The molecule has 0 radical (unpaired) electrons. The maximum atomic E-state index is 13.2. The van der Waals surface area contributed by atoms with Crippen LogP contribution in [0.5, 0.6) is 0 Å². The van der Waals surface area contributed by atoms with Crippen LogP contribution in [0, 0.1) is 11.2 Å². The summed E-state index contributed by atoms with van der Waals surface area (Å²) >= 11 is 1.09. The van der Waals surface area contributed by atoms with Gasteiger partial charge in [-0.1, -0.05) is 12.1 Å². The molecule has 1 aromatic carbocycles. The van der Waals surface area contributed by atoms with Crippen LogP contribution in [0.2, 0.25) is 0 Å². The first kappa shape index (κ1) is 20.6. The molecule has 1 atom stereocenters. The lowest BCUT2D eigenvalue weighted by Gasteiger charge is -2.25. The van der Waals surface area contributed by atoms with E-state index in [1.165, 1.54) is 18.5 Å². The van der Waals surface area contributed by atoms with Crippen molar-refractivity contribution in [3.63, 3.8) is 0 Å². The minimum atomic E-state index is -4.23. The number of halogens is 4. The van der Waals surface area contributed by atoms with Gasteiger partial charge in [0.15, 0.2) is 0 Å². The van der Waals surface area contributed by atoms with Crippen LogP contribution in [-0.4, -0.2) is 47.2 Å². The molecular weight excluding hydrogens is 428 g/mol. The van der Waals surface area contributed by atoms with Gasteiger partial charge in [0, 0.05) is 36.5 Å². The topological polar surface area (TPSA) is 32.3 Å². The summed E-state index contributed by atoms with van der Waals surface area (Å²) in [5.41, 5.74) is 1.25. The molecule has 5 rings (SSSR count). The number of anilines is 1. The first-order valence-corrected chi connectivity index (χ1v) is 11.1. The summed E-state index contributed by atoms with van der Waals surface area (Å²) in [6.45, 7) is 4.41. The third-order valence-electron chi connectivity index (χ3n) is 6.31. The maximum absolute atomic E-state index is 13.2. The van der Waals surface area contributed by atoms with Crippen LogP contribution in [0.15, 0.2) is 36.7 Å². The van der Waals surface area contributed by atoms with Gasteiger partial charge in [0.2, 0.25) is 0 Å². The number of thiophene rings is 1. The highest BCUT2D eigenvalue weighted by molar-refractivity contribution is 7.18. The van der Waals surface area contributed by atoms with Crippen LogP contribution in [0.4, 0.5) is 23.4 Å². The Labute approximate surface area is 181 Å². The predicted molar refractivity (Wildman–Crippen MR) is 113 cm³/mol. The molecule has 0 bridgehead atoms. The van der Waals surface area contributed by atoms with E-state index in [9.17, 15) is 17.6 Å². The lowest BCUT2D eigenvalue weighted by molar-refractivity contribution is -0.126. The van der Waals surface area contributed by atoms with Gasteiger partial charge in [-0.15, -0.1) is 11.3 Å². The molecule has 0 N–H and O–H groups in total. The fourth-order valence-corrected chi connectivity index (χ4v) is 5.91. The van der Waals surface area contributed by atoms with Gasteiger partial charge < -0.3 is 4.90 Å². The van der Waals surface area contributed by atoms with Crippen molar-refractivity contribution < 1.29 is 17.6 Å². The Hall–Kier alpha value is -2.26. The number of hydrogen-bond donors (Lipinski definition) is 0. The van der Waals surface area contributed by atoms with Crippen molar-refractivity contribution in [3.8, 4) is 0 Å². The summed E-state index contributed by atoms with van der Waals surface area (Å²) in [4.78, 5) is 14.1. The first-order chi connectivity index (χ1) is 14.8. The summed E-state index contributed by atoms with van der Waals surface area (Å²) in [6.07, 6.45) is -1.62. The predicted octanol–water partition coefficient (Wildman–Crippen LogP) is 5.04. The second-order valence-electron chi connectivity index (χ2n) is 8.68. The van der Waals surface area contributed by atoms with Crippen molar-refractivity contribution >= 4 is 27.4 Å². The van der Waals surface area contributed by atoms with Gasteiger partial charge in [-0.05, 0) is 43.1 Å². The Morgan fingerprint density at radius 2 is 1.81 bits per heavy atom. The first-order valence-electron chi connectivity index (χ1n) is 10.3. The molecule has 0 unspecified atom stereocenters.